The Morgan fingerprint density at radius 1 is 1.30 bits per heavy atom. The number of benzene rings is 1. The van der Waals surface area contributed by atoms with Gasteiger partial charge in [0.15, 0.2) is 0 Å². The van der Waals surface area contributed by atoms with E-state index < -0.39 is 11.7 Å². The van der Waals surface area contributed by atoms with Crippen molar-refractivity contribution >= 4 is 12.3 Å². The van der Waals surface area contributed by atoms with Gasteiger partial charge < -0.3 is 10.2 Å². The molecule has 152 valence electrons. The molecule has 1 heterocycles. The van der Waals surface area contributed by atoms with Crippen LogP contribution in [0.1, 0.15) is 25.4 Å². The Morgan fingerprint density at radius 2 is 1.81 bits per heavy atom. The molecule has 1 aromatic carbocycles. The van der Waals surface area contributed by atoms with E-state index in [1.165, 1.54) is 23.1 Å². The summed E-state index contributed by atoms with van der Waals surface area (Å²) in [5.74, 6) is -0.166. The number of likely N-dealkylation sites (tertiary alicyclic amines) is 1. The van der Waals surface area contributed by atoms with E-state index in [9.17, 15) is 22.8 Å². The third-order valence-corrected chi connectivity index (χ3v) is 4.02. The van der Waals surface area contributed by atoms with E-state index in [0.717, 1.165) is 50.0 Å². The summed E-state index contributed by atoms with van der Waals surface area (Å²) in [6, 6.07) is 5.43. The van der Waals surface area contributed by atoms with Gasteiger partial charge in [-0.15, -0.1) is 0 Å². The second-order valence-corrected chi connectivity index (χ2v) is 6.53. The monoisotopic (exact) mass is 387 g/mol. The number of amides is 2. The lowest BCUT2D eigenvalue weighted by molar-refractivity contribution is -0.137. The maximum absolute atomic E-state index is 12.5. The molecular weight excluding hydrogens is 359 g/mol. The molecule has 1 aliphatic rings. The van der Waals surface area contributed by atoms with Crippen molar-refractivity contribution in [3.63, 3.8) is 0 Å². The molecule has 0 spiro atoms. The molecule has 2 amide bonds. The van der Waals surface area contributed by atoms with Crippen LogP contribution >= 0.6 is 0 Å². The standard InChI is InChI=1S/C16H19F3N2O.C3H7NO.H2/c1-2-15(22)20-14-7-9-21(10-8-14)11-12-3-5-13(6-4-12)16(17,18)19;1-4(2)3-5;/h2-6,14H,1,7-11H2,(H,20,22);3H,1-2H3;1H. The van der Waals surface area contributed by atoms with E-state index in [1.54, 1.807) is 14.1 Å². The van der Waals surface area contributed by atoms with Crippen molar-refractivity contribution in [1.29, 1.82) is 0 Å². The van der Waals surface area contributed by atoms with Gasteiger partial charge in [-0.25, -0.2) is 0 Å². The Balaban J connectivity index is 0.00000108. The van der Waals surface area contributed by atoms with Crippen LogP contribution in [0.2, 0.25) is 0 Å². The maximum atomic E-state index is 12.5. The lowest BCUT2D eigenvalue weighted by atomic mass is 10.0. The van der Waals surface area contributed by atoms with Crippen LogP contribution in [0.5, 0.6) is 0 Å². The van der Waals surface area contributed by atoms with E-state index in [-0.39, 0.29) is 13.4 Å². The van der Waals surface area contributed by atoms with Gasteiger partial charge in [0.25, 0.3) is 0 Å². The molecule has 1 saturated heterocycles. The molecule has 0 atom stereocenters. The highest BCUT2D eigenvalue weighted by Gasteiger charge is 2.30. The minimum atomic E-state index is -4.29. The third kappa shape index (κ3) is 8.72. The number of carbonyl (C=O) groups excluding carboxylic acids is 2. The van der Waals surface area contributed by atoms with E-state index in [2.05, 4.69) is 16.8 Å². The summed E-state index contributed by atoms with van der Waals surface area (Å²) in [6.07, 6.45) is -0.616. The summed E-state index contributed by atoms with van der Waals surface area (Å²) < 4.78 is 37.5. The number of piperidine rings is 1. The number of halogens is 3. The van der Waals surface area contributed by atoms with Crippen LogP contribution in [0.4, 0.5) is 13.2 Å². The van der Waals surface area contributed by atoms with Crippen LogP contribution in [0, 0.1) is 0 Å². The largest absolute Gasteiger partial charge is 0.416 e. The fourth-order valence-electron chi connectivity index (χ4n) is 2.55. The molecule has 0 bridgehead atoms. The summed E-state index contributed by atoms with van der Waals surface area (Å²) in [5, 5.41) is 2.87. The first-order chi connectivity index (χ1) is 12.7. The minimum absolute atomic E-state index is 0. The fraction of sp³-hybridized carbons (Fsp3) is 0.474. The Bertz CT molecular complexity index is 614. The Kier molecular flexibility index (Phi) is 9.00. The number of hydrogen-bond donors (Lipinski definition) is 1. The summed E-state index contributed by atoms with van der Waals surface area (Å²) in [5.41, 5.74) is 0.240. The molecule has 0 aromatic heterocycles. The number of nitrogens with zero attached hydrogens (tertiary/aromatic N) is 2. The quantitative estimate of drug-likeness (QED) is 0.624. The number of rotatable bonds is 5. The van der Waals surface area contributed by atoms with Crippen molar-refractivity contribution in [3.8, 4) is 0 Å². The second-order valence-electron chi connectivity index (χ2n) is 6.53. The number of carbonyl (C=O) groups is 2. The van der Waals surface area contributed by atoms with E-state index in [4.69, 9.17) is 0 Å². The third-order valence-electron chi connectivity index (χ3n) is 4.02. The lowest BCUT2D eigenvalue weighted by Crippen LogP contribution is -2.43. The molecule has 0 saturated carbocycles. The molecule has 0 aliphatic carbocycles. The molecule has 2 rings (SSSR count). The SMILES string of the molecule is C=CC(=O)NC1CCN(Cc2ccc(C(F)(F)F)cc2)CC1.CN(C)C=O.[HH]. The van der Waals surface area contributed by atoms with E-state index >= 15 is 0 Å². The summed E-state index contributed by atoms with van der Waals surface area (Å²) in [7, 11) is 3.38. The molecule has 0 radical (unpaired) electrons. The first-order valence-electron chi connectivity index (χ1n) is 8.59. The molecular formula is C19H28F3N3O2. The second kappa shape index (κ2) is 10.7. The highest BCUT2D eigenvalue weighted by atomic mass is 19.4. The number of alkyl halides is 3. The van der Waals surface area contributed by atoms with Gasteiger partial charge in [-0.3, -0.25) is 14.5 Å². The molecule has 1 fully saturated rings. The van der Waals surface area contributed by atoms with Gasteiger partial charge in [-0.05, 0) is 36.6 Å². The lowest BCUT2D eigenvalue weighted by Gasteiger charge is -2.32. The van der Waals surface area contributed by atoms with Crippen molar-refractivity contribution in [1.82, 2.24) is 15.1 Å². The first-order valence-corrected chi connectivity index (χ1v) is 8.59. The predicted octanol–water partition coefficient (Wildman–Crippen LogP) is 2.92. The molecule has 27 heavy (non-hydrogen) atoms. The van der Waals surface area contributed by atoms with E-state index in [0.29, 0.717) is 6.54 Å². The first kappa shape index (κ1) is 22.7. The highest BCUT2D eigenvalue weighted by molar-refractivity contribution is 5.87. The van der Waals surface area contributed by atoms with Gasteiger partial charge >= 0.3 is 6.18 Å². The molecule has 8 heteroatoms. The molecule has 0 unspecified atom stereocenters. The maximum Gasteiger partial charge on any atom is 0.416 e. The smallest absolute Gasteiger partial charge is 0.351 e. The highest BCUT2D eigenvalue weighted by Crippen LogP contribution is 2.29. The van der Waals surface area contributed by atoms with Gasteiger partial charge in [0.05, 0.1) is 5.56 Å². The van der Waals surface area contributed by atoms with Crippen LogP contribution in [0.25, 0.3) is 0 Å². The van der Waals surface area contributed by atoms with Crippen LogP contribution in [0.15, 0.2) is 36.9 Å². The van der Waals surface area contributed by atoms with Gasteiger partial charge in [0, 0.05) is 41.2 Å². The van der Waals surface area contributed by atoms with Gasteiger partial charge in [-0.2, -0.15) is 13.2 Å². The summed E-state index contributed by atoms with van der Waals surface area (Å²) in [6.45, 7) is 5.66. The minimum Gasteiger partial charge on any atom is -0.351 e. The van der Waals surface area contributed by atoms with Crippen molar-refractivity contribution in [2.75, 3.05) is 27.2 Å². The zero-order valence-corrected chi connectivity index (χ0v) is 15.6. The van der Waals surface area contributed by atoms with Crippen molar-refractivity contribution < 1.29 is 24.2 Å². The van der Waals surface area contributed by atoms with Gasteiger partial charge in [0.1, 0.15) is 0 Å². The normalized spacial score (nSPS) is 15.3. The van der Waals surface area contributed by atoms with Crippen LogP contribution in [-0.2, 0) is 22.3 Å². The summed E-state index contributed by atoms with van der Waals surface area (Å²) >= 11 is 0. The van der Waals surface area contributed by atoms with Gasteiger partial charge in [-0.1, -0.05) is 18.7 Å². The topological polar surface area (TPSA) is 52.7 Å². The van der Waals surface area contributed by atoms with Crippen molar-refractivity contribution in [2.24, 2.45) is 0 Å². The van der Waals surface area contributed by atoms with Crippen LogP contribution in [0.3, 0.4) is 0 Å². The Morgan fingerprint density at radius 3 is 2.22 bits per heavy atom. The average molecular weight is 387 g/mol. The molecule has 1 aliphatic heterocycles. The van der Waals surface area contributed by atoms with Crippen molar-refractivity contribution in [2.45, 2.75) is 31.6 Å². The average Bonchev–Trinajstić information content (AvgIpc) is 2.63. The fourth-order valence-corrected chi connectivity index (χ4v) is 2.55. The zero-order chi connectivity index (χ0) is 20.4. The Labute approximate surface area is 159 Å². The zero-order valence-electron chi connectivity index (χ0n) is 15.6. The molecule has 1 N–H and O–H groups in total. The van der Waals surface area contributed by atoms with E-state index in [1.807, 2.05) is 0 Å². The van der Waals surface area contributed by atoms with Gasteiger partial charge in [0.2, 0.25) is 12.3 Å². The number of nitrogens with one attached hydrogen (secondary N) is 1. The molecule has 5 nitrogen and oxygen atoms in total. The number of hydrogen-bond acceptors (Lipinski definition) is 3. The van der Waals surface area contributed by atoms with Crippen molar-refractivity contribution in [3.05, 3.63) is 48.0 Å². The predicted molar refractivity (Wildman–Crippen MR) is 99.9 cm³/mol. The Hall–Kier alpha value is -2.35. The van der Waals surface area contributed by atoms with Crippen LogP contribution < -0.4 is 5.32 Å². The molecule has 1 aromatic rings. The van der Waals surface area contributed by atoms with Crippen LogP contribution in [-0.4, -0.2) is 55.3 Å². The summed E-state index contributed by atoms with van der Waals surface area (Å²) in [4.78, 5) is 24.3.